The van der Waals surface area contributed by atoms with E-state index in [4.69, 9.17) is 5.73 Å². The number of benzene rings is 1. The summed E-state index contributed by atoms with van der Waals surface area (Å²) in [6, 6.07) is 6.76. The van der Waals surface area contributed by atoms with Gasteiger partial charge in [0.15, 0.2) is 0 Å². The number of hydrogen-bond acceptors (Lipinski definition) is 2. The number of hydrogen-bond donors (Lipinski definition) is 2. The summed E-state index contributed by atoms with van der Waals surface area (Å²) in [5, 5.41) is 3.35. The predicted octanol–water partition coefficient (Wildman–Crippen LogP) is 2.19. The van der Waals surface area contributed by atoms with Gasteiger partial charge < -0.3 is 11.1 Å². The molecule has 3 N–H and O–H groups in total. The third-order valence-corrected chi connectivity index (χ3v) is 3.12. The molecule has 0 saturated carbocycles. The van der Waals surface area contributed by atoms with Gasteiger partial charge in [-0.2, -0.15) is 0 Å². The first-order chi connectivity index (χ1) is 6.63. The molecule has 0 spiro atoms. The zero-order valence-corrected chi connectivity index (χ0v) is 10.3. The van der Waals surface area contributed by atoms with Crippen molar-refractivity contribution in [1.82, 2.24) is 5.32 Å². The van der Waals surface area contributed by atoms with Crippen LogP contribution in [0.3, 0.4) is 0 Å². The minimum Gasteiger partial charge on any atom is -0.329 e. The van der Waals surface area contributed by atoms with E-state index in [1.54, 1.807) is 0 Å². The van der Waals surface area contributed by atoms with Crippen molar-refractivity contribution in [3.8, 4) is 0 Å². The Morgan fingerprint density at radius 1 is 1.50 bits per heavy atom. The number of aryl methyl sites for hydroxylation is 1. The quantitative estimate of drug-likeness (QED) is 0.867. The maximum absolute atomic E-state index is 5.52. The fourth-order valence-electron chi connectivity index (χ4n) is 1.19. The van der Waals surface area contributed by atoms with E-state index in [9.17, 15) is 0 Å². The Hall–Kier alpha value is -0.380. The molecule has 2 nitrogen and oxygen atoms in total. The van der Waals surface area contributed by atoms with Gasteiger partial charge in [-0.3, -0.25) is 0 Å². The van der Waals surface area contributed by atoms with E-state index < -0.39 is 0 Å². The molecule has 1 rings (SSSR count). The molecular weight excluding hydrogens is 240 g/mol. The first kappa shape index (κ1) is 11.7. The highest BCUT2D eigenvalue weighted by atomic mass is 79.9. The SMILES string of the molecule is Cc1cc(CN[C@H](C)CN)ccc1Br. The van der Waals surface area contributed by atoms with Crippen molar-refractivity contribution in [3.05, 3.63) is 33.8 Å². The summed E-state index contributed by atoms with van der Waals surface area (Å²) < 4.78 is 1.16. The molecule has 0 bridgehead atoms. The number of nitrogens with two attached hydrogens (primary N) is 1. The summed E-state index contributed by atoms with van der Waals surface area (Å²) in [6.07, 6.45) is 0. The van der Waals surface area contributed by atoms with Crippen LogP contribution in [0.2, 0.25) is 0 Å². The lowest BCUT2D eigenvalue weighted by molar-refractivity contribution is 0.556. The van der Waals surface area contributed by atoms with E-state index in [0.717, 1.165) is 11.0 Å². The first-order valence-electron chi connectivity index (χ1n) is 4.82. The van der Waals surface area contributed by atoms with Crippen LogP contribution in [0.5, 0.6) is 0 Å². The van der Waals surface area contributed by atoms with Gasteiger partial charge in [-0.15, -0.1) is 0 Å². The summed E-state index contributed by atoms with van der Waals surface area (Å²) in [5.41, 5.74) is 8.09. The van der Waals surface area contributed by atoms with E-state index in [2.05, 4.69) is 53.3 Å². The Morgan fingerprint density at radius 3 is 2.79 bits per heavy atom. The van der Waals surface area contributed by atoms with Crippen LogP contribution in [0.25, 0.3) is 0 Å². The maximum Gasteiger partial charge on any atom is 0.0208 e. The Bertz CT molecular complexity index is 299. The average molecular weight is 257 g/mol. The van der Waals surface area contributed by atoms with Gasteiger partial charge in [0.25, 0.3) is 0 Å². The smallest absolute Gasteiger partial charge is 0.0208 e. The molecule has 14 heavy (non-hydrogen) atoms. The van der Waals surface area contributed by atoms with E-state index in [0.29, 0.717) is 12.6 Å². The molecule has 0 aromatic heterocycles. The number of halogens is 1. The van der Waals surface area contributed by atoms with Crippen LogP contribution in [0.1, 0.15) is 18.1 Å². The van der Waals surface area contributed by atoms with Crippen molar-refractivity contribution in [1.29, 1.82) is 0 Å². The molecule has 0 aliphatic heterocycles. The molecule has 1 atom stereocenters. The highest BCUT2D eigenvalue weighted by Gasteiger charge is 2.00. The Morgan fingerprint density at radius 2 is 2.21 bits per heavy atom. The van der Waals surface area contributed by atoms with E-state index in [1.807, 2.05) is 0 Å². The largest absolute Gasteiger partial charge is 0.329 e. The lowest BCUT2D eigenvalue weighted by Gasteiger charge is -2.11. The molecular formula is C11H17BrN2. The van der Waals surface area contributed by atoms with Crippen LogP contribution < -0.4 is 11.1 Å². The van der Waals surface area contributed by atoms with Gasteiger partial charge in [0, 0.05) is 23.6 Å². The fraction of sp³-hybridized carbons (Fsp3) is 0.455. The average Bonchev–Trinajstić information content (AvgIpc) is 2.19. The van der Waals surface area contributed by atoms with Gasteiger partial charge in [0.05, 0.1) is 0 Å². The lowest BCUT2D eigenvalue weighted by atomic mass is 10.1. The number of nitrogens with one attached hydrogen (secondary N) is 1. The molecule has 0 radical (unpaired) electrons. The molecule has 1 aromatic carbocycles. The van der Waals surface area contributed by atoms with Crippen LogP contribution in [0.15, 0.2) is 22.7 Å². The van der Waals surface area contributed by atoms with Crippen molar-refractivity contribution in [3.63, 3.8) is 0 Å². The van der Waals surface area contributed by atoms with Crippen molar-refractivity contribution in [2.24, 2.45) is 5.73 Å². The standard InChI is InChI=1S/C11H17BrN2/c1-8-5-10(3-4-11(8)12)7-14-9(2)6-13/h3-5,9,14H,6-7,13H2,1-2H3/t9-/m1/s1. The first-order valence-corrected chi connectivity index (χ1v) is 5.61. The highest BCUT2D eigenvalue weighted by Crippen LogP contribution is 2.16. The second-order valence-corrected chi connectivity index (χ2v) is 4.46. The monoisotopic (exact) mass is 256 g/mol. The lowest BCUT2D eigenvalue weighted by Crippen LogP contribution is -2.32. The second kappa shape index (κ2) is 5.49. The van der Waals surface area contributed by atoms with Gasteiger partial charge in [-0.1, -0.05) is 28.1 Å². The molecule has 0 aliphatic carbocycles. The van der Waals surface area contributed by atoms with Gasteiger partial charge in [-0.05, 0) is 31.0 Å². The van der Waals surface area contributed by atoms with Gasteiger partial charge >= 0.3 is 0 Å². The molecule has 0 aliphatic rings. The third-order valence-electron chi connectivity index (χ3n) is 2.23. The van der Waals surface area contributed by atoms with Crippen molar-refractivity contribution in [2.75, 3.05) is 6.54 Å². The van der Waals surface area contributed by atoms with Crippen LogP contribution in [-0.2, 0) is 6.54 Å². The molecule has 0 heterocycles. The van der Waals surface area contributed by atoms with Crippen LogP contribution in [0.4, 0.5) is 0 Å². The molecule has 0 amide bonds. The Balaban J connectivity index is 2.55. The Kier molecular flexibility index (Phi) is 4.58. The topological polar surface area (TPSA) is 38.0 Å². The van der Waals surface area contributed by atoms with Crippen molar-refractivity contribution in [2.45, 2.75) is 26.4 Å². The van der Waals surface area contributed by atoms with E-state index in [-0.39, 0.29) is 0 Å². The van der Waals surface area contributed by atoms with Crippen LogP contribution in [0, 0.1) is 6.92 Å². The molecule has 0 fully saturated rings. The zero-order valence-electron chi connectivity index (χ0n) is 8.68. The van der Waals surface area contributed by atoms with Gasteiger partial charge in [0.2, 0.25) is 0 Å². The van der Waals surface area contributed by atoms with E-state index in [1.165, 1.54) is 11.1 Å². The minimum atomic E-state index is 0.374. The summed E-state index contributed by atoms with van der Waals surface area (Å²) in [7, 11) is 0. The van der Waals surface area contributed by atoms with Gasteiger partial charge in [-0.25, -0.2) is 0 Å². The molecule has 78 valence electrons. The Labute approximate surface area is 94.0 Å². The van der Waals surface area contributed by atoms with E-state index >= 15 is 0 Å². The normalized spacial score (nSPS) is 12.9. The summed E-state index contributed by atoms with van der Waals surface area (Å²) in [4.78, 5) is 0. The van der Waals surface area contributed by atoms with Crippen LogP contribution >= 0.6 is 15.9 Å². The summed E-state index contributed by atoms with van der Waals surface area (Å²) in [5.74, 6) is 0. The summed E-state index contributed by atoms with van der Waals surface area (Å²) >= 11 is 3.48. The van der Waals surface area contributed by atoms with Crippen molar-refractivity contribution < 1.29 is 0 Å². The molecule has 0 saturated heterocycles. The highest BCUT2D eigenvalue weighted by molar-refractivity contribution is 9.10. The number of rotatable bonds is 4. The predicted molar refractivity (Wildman–Crippen MR) is 64.2 cm³/mol. The molecule has 1 aromatic rings. The second-order valence-electron chi connectivity index (χ2n) is 3.60. The minimum absolute atomic E-state index is 0.374. The maximum atomic E-state index is 5.52. The molecule has 3 heteroatoms. The van der Waals surface area contributed by atoms with Crippen LogP contribution in [-0.4, -0.2) is 12.6 Å². The molecule has 0 unspecified atom stereocenters. The summed E-state index contributed by atoms with van der Waals surface area (Å²) in [6.45, 7) is 5.74. The zero-order chi connectivity index (χ0) is 10.6. The fourth-order valence-corrected chi connectivity index (χ4v) is 1.44. The third kappa shape index (κ3) is 3.40. The van der Waals surface area contributed by atoms with Crippen molar-refractivity contribution >= 4 is 15.9 Å². The van der Waals surface area contributed by atoms with Gasteiger partial charge in [0.1, 0.15) is 0 Å².